The predicted octanol–water partition coefficient (Wildman–Crippen LogP) is 5.72. The van der Waals surface area contributed by atoms with E-state index >= 15 is 0 Å². The molecule has 0 spiro atoms. The van der Waals surface area contributed by atoms with Gasteiger partial charge >= 0.3 is 0 Å². The Morgan fingerprint density at radius 2 is 1.92 bits per heavy atom. The fourth-order valence-corrected chi connectivity index (χ4v) is 2.85. The van der Waals surface area contributed by atoms with Gasteiger partial charge in [-0.15, -0.1) is 0 Å². The minimum atomic E-state index is -0.392. The van der Waals surface area contributed by atoms with Crippen LogP contribution in [0.1, 0.15) is 31.9 Å². The Balaban J connectivity index is 2.19. The molecule has 0 saturated carbocycles. The fraction of sp³-hybridized carbons (Fsp3) is 0.368. The number of hydrogen-bond donors (Lipinski definition) is 1. The van der Waals surface area contributed by atoms with Gasteiger partial charge in [0.2, 0.25) is 0 Å². The lowest BCUT2D eigenvalue weighted by atomic mass is 10.1. The standard InChI is InChI=1S/C19H22BrClFNO2/c1-19(2,3)23-10-12-8-17(24-4)18(9-14(12)20)25-11-13-15(21)6-5-7-16(13)22/h5-9,23H,10-11H2,1-4H3. The lowest BCUT2D eigenvalue weighted by Crippen LogP contribution is -2.35. The van der Waals surface area contributed by atoms with Gasteiger partial charge in [0.15, 0.2) is 11.5 Å². The Morgan fingerprint density at radius 3 is 2.52 bits per heavy atom. The van der Waals surface area contributed by atoms with Gasteiger partial charge in [0.05, 0.1) is 12.1 Å². The molecule has 136 valence electrons. The maximum absolute atomic E-state index is 13.9. The largest absolute Gasteiger partial charge is 0.493 e. The first-order valence-electron chi connectivity index (χ1n) is 7.88. The molecule has 0 aliphatic heterocycles. The number of halogens is 3. The van der Waals surface area contributed by atoms with Crippen LogP contribution in [0.2, 0.25) is 5.02 Å². The van der Waals surface area contributed by atoms with Crippen molar-refractivity contribution in [3.05, 3.63) is 56.8 Å². The van der Waals surface area contributed by atoms with Crippen molar-refractivity contribution >= 4 is 27.5 Å². The molecule has 0 unspecified atom stereocenters. The van der Waals surface area contributed by atoms with E-state index < -0.39 is 5.82 Å². The van der Waals surface area contributed by atoms with Gasteiger partial charge in [-0.3, -0.25) is 0 Å². The van der Waals surface area contributed by atoms with E-state index in [0.717, 1.165) is 10.0 Å². The predicted molar refractivity (Wildman–Crippen MR) is 103 cm³/mol. The maximum atomic E-state index is 13.9. The first-order chi connectivity index (χ1) is 11.7. The molecule has 6 heteroatoms. The van der Waals surface area contributed by atoms with Crippen molar-refractivity contribution in [1.82, 2.24) is 5.32 Å². The fourth-order valence-electron chi connectivity index (χ4n) is 2.17. The van der Waals surface area contributed by atoms with Gasteiger partial charge < -0.3 is 14.8 Å². The molecule has 0 radical (unpaired) electrons. The van der Waals surface area contributed by atoms with E-state index in [1.807, 2.05) is 12.1 Å². The van der Waals surface area contributed by atoms with Crippen LogP contribution < -0.4 is 14.8 Å². The van der Waals surface area contributed by atoms with Crippen molar-refractivity contribution < 1.29 is 13.9 Å². The van der Waals surface area contributed by atoms with Crippen molar-refractivity contribution in [1.29, 1.82) is 0 Å². The molecule has 0 aliphatic carbocycles. The first kappa shape index (κ1) is 20.0. The molecule has 0 amide bonds. The van der Waals surface area contributed by atoms with Gasteiger partial charge in [-0.05, 0) is 50.6 Å². The van der Waals surface area contributed by atoms with E-state index in [1.54, 1.807) is 19.2 Å². The molecule has 0 heterocycles. The third-order valence-electron chi connectivity index (χ3n) is 3.58. The zero-order valence-corrected chi connectivity index (χ0v) is 17.1. The van der Waals surface area contributed by atoms with E-state index in [1.165, 1.54) is 6.07 Å². The number of hydrogen-bond acceptors (Lipinski definition) is 3. The summed E-state index contributed by atoms with van der Waals surface area (Å²) in [6.07, 6.45) is 0. The van der Waals surface area contributed by atoms with Crippen molar-refractivity contribution in [3.63, 3.8) is 0 Å². The second-order valence-electron chi connectivity index (χ2n) is 6.69. The Labute approximate surface area is 161 Å². The summed E-state index contributed by atoms with van der Waals surface area (Å²) in [6, 6.07) is 8.29. The van der Waals surface area contributed by atoms with Crippen molar-refractivity contribution in [3.8, 4) is 11.5 Å². The molecule has 0 atom stereocenters. The Bertz CT molecular complexity index is 727. The molecule has 2 aromatic rings. The molecule has 0 aliphatic rings. The van der Waals surface area contributed by atoms with Crippen molar-refractivity contribution in [2.45, 2.75) is 39.5 Å². The SMILES string of the molecule is COc1cc(CNC(C)(C)C)c(Br)cc1OCc1c(F)cccc1Cl. The molecule has 2 aromatic carbocycles. The van der Waals surface area contributed by atoms with Crippen LogP contribution >= 0.6 is 27.5 Å². The molecule has 1 N–H and O–H groups in total. The lowest BCUT2D eigenvalue weighted by Gasteiger charge is -2.22. The monoisotopic (exact) mass is 429 g/mol. The number of ether oxygens (including phenoxy) is 2. The highest BCUT2D eigenvalue weighted by atomic mass is 79.9. The lowest BCUT2D eigenvalue weighted by molar-refractivity contribution is 0.279. The molecule has 0 bridgehead atoms. The summed E-state index contributed by atoms with van der Waals surface area (Å²) in [5.41, 5.74) is 1.37. The van der Waals surface area contributed by atoms with Crippen LogP contribution in [0.25, 0.3) is 0 Å². The summed E-state index contributed by atoms with van der Waals surface area (Å²) in [4.78, 5) is 0. The topological polar surface area (TPSA) is 30.5 Å². The molecule has 0 fully saturated rings. The zero-order valence-electron chi connectivity index (χ0n) is 14.8. The number of methoxy groups -OCH3 is 1. The summed E-state index contributed by atoms with van der Waals surface area (Å²) >= 11 is 9.60. The van der Waals surface area contributed by atoms with E-state index in [9.17, 15) is 4.39 Å². The smallest absolute Gasteiger partial charge is 0.162 e. The van der Waals surface area contributed by atoms with Gasteiger partial charge in [0.25, 0.3) is 0 Å². The van der Waals surface area contributed by atoms with Crippen LogP contribution in [0.5, 0.6) is 11.5 Å². The Kier molecular flexibility index (Phi) is 6.72. The third-order valence-corrected chi connectivity index (χ3v) is 4.67. The molecule has 0 saturated heterocycles. The quantitative estimate of drug-likeness (QED) is 0.636. The van der Waals surface area contributed by atoms with Crippen LogP contribution in [0.3, 0.4) is 0 Å². The van der Waals surface area contributed by atoms with Gasteiger partial charge in [0, 0.05) is 22.1 Å². The van der Waals surface area contributed by atoms with Gasteiger partial charge in [-0.2, -0.15) is 0 Å². The highest BCUT2D eigenvalue weighted by molar-refractivity contribution is 9.10. The van der Waals surface area contributed by atoms with Crippen molar-refractivity contribution in [2.24, 2.45) is 0 Å². The van der Waals surface area contributed by atoms with E-state index in [-0.39, 0.29) is 12.1 Å². The molecule has 0 aromatic heterocycles. The van der Waals surface area contributed by atoms with E-state index in [2.05, 4.69) is 42.0 Å². The summed E-state index contributed by atoms with van der Waals surface area (Å²) in [5, 5.41) is 3.77. The third kappa shape index (κ3) is 5.59. The summed E-state index contributed by atoms with van der Waals surface area (Å²) in [5.74, 6) is 0.714. The number of rotatable bonds is 6. The van der Waals surface area contributed by atoms with Crippen LogP contribution in [-0.4, -0.2) is 12.6 Å². The van der Waals surface area contributed by atoms with Crippen LogP contribution in [0.4, 0.5) is 4.39 Å². The van der Waals surface area contributed by atoms with Crippen LogP contribution in [-0.2, 0) is 13.2 Å². The van der Waals surface area contributed by atoms with Gasteiger partial charge in [-0.25, -0.2) is 4.39 Å². The second kappa shape index (κ2) is 8.39. The summed E-state index contributed by atoms with van der Waals surface area (Å²) in [7, 11) is 1.58. The maximum Gasteiger partial charge on any atom is 0.162 e. The Hall–Kier alpha value is -1.30. The number of benzene rings is 2. The highest BCUT2D eigenvalue weighted by Gasteiger charge is 2.15. The van der Waals surface area contributed by atoms with E-state index in [0.29, 0.717) is 28.6 Å². The van der Waals surface area contributed by atoms with Crippen LogP contribution in [0, 0.1) is 5.82 Å². The zero-order chi connectivity index (χ0) is 18.6. The van der Waals surface area contributed by atoms with Gasteiger partial charge in [0.1, 0.15) is 12.4 Å². The first-order valence-corrected chi connectivity index (χ1v) is 9.05. The molecular formula is C19H22BrClFNO2. The highest BCUT2D eigenvalue weighted by Crippen LogP contribution is 2.35. The molecular weight excluding hydrogens is 409 g/mol. The minimum absolute atomic E-state index is 0.00340. The normalized spacial score (nSPS) is 11.5. The van der Waals surface area contributed by atoms with Crippen LogP contribution in [0.15, 0.2) is 34.8 Å². The van der Waals surface area contributed by atoms with Gasteiger partial charge in [-0.1, -0.05) is 33.6 Å². The molecule has 2 rings (SSSR count). The summed E-state index contributed by atoms with van der Waals surface area (Å²) < 4.78 is 25.9. The minimum Gasteiger partial charge on any atom is -0.493 e. The van der Waals surface area contributed by atoms with Crippen molar-refractivity contribution in [2.75, 3.05) is 7.11 Å². The Morgan fingerprint density at radius 1 is 1.20 bits per heavy atom. The molecule has 3 nitrogen and oxygen atoms in total. The van der Waals surface area contributed by atoms with E-state index in [4.69, 9.17) is 21.1 Å². The average Bonchev–Trinajstić information content (AvgIpc) is 2.52. The molecule has 25 heavy (non-hydrogen) atoms. The summed E-state index contributed by atoms with van der Waals surface area (Å²) in [6.45, 7) is 7.02. The average molecular weight is 431 g/mol. The second-order valence-corrected chi connectivity index (χ2v) is 7.95. The number of nitrogens with one attached hydrogen (secondary N) is 1.